The lowest BCUT2D eigenvalue weighted by Gasteiger charge is -2.11. The van der Waals surface area contributed by atoms with Crippen LogP contribution in [0.4, 0.5) is 0 Å². The van der Waals surface area contributed by atoms with Crippen LogP contribution in [-0.2, 0) is 19.3 Å². The van der Waals surface area contributed by atoms with Crippen molar-refractivity contribution in [3.05, 3.63) is 22.8 Å². The molecule has 3 nitrogen and oxygen atoms in total. The minimum absolute atomic E-state index is 0.173. The minimum Gasteiger partial charge on any atom is -0.493 e. The van der Waals surface area contributed by atoms with Crippen molar-refractivity contribution in [3.63, 3.8) is 0 Å². The van der Waals surface area contributed by atoms with Gasteiger partial charge in [-0.05, 0) is 12.5 Å². The number of hydrogen-bond acceptors (Lipinski definition) is 3. The summed E-state index contributed by atoms with van der Waals surface area (Å²) in [5.74, 6) is 2.01. The molecule has 2 aliphatic rings. The van der Waals surface area contributed by atoms with Gasteiger partial charge in [-0.3, -0.25) is 0 Å². The summed E-state index contributed by atoms with van der Waals surface area (Å²) < 4.78 is 11.2. The van der Waals surface area contributed by atoms with Crippen molar-refractivity contribution in [2.75, 3.05) is 19.8 Å². The highest BCUT2D eigenvalue weighted by molar-refractivity contribution is 5.56. The normalized spacial score (nSPS) is 16.9. The molecule has 0 amide bonds. The summed E-state index contributed by atoms with van der Waals surface area (Å²) in [7, 11) is 0. The SMILES string of the molecule is OCCc1c2c(cc3c1OCC3)OCC2. The van der Waals surface area contributed by atoms with Crippen molar-refractivity contribution in [2.45, 2.75) is 19.3 Å². The molecule has 2 aliphatic heterocycles. The van der Waals surface area contributed by atoms with Gasteiger partial charge >= 0.3 is 0 Å². The summed E-state index contributed by atoms with van der Waals surface area (Å²) in [4.78, 5) is 0. The van der Waals surface area contributed by atoms with E-state index in [0.29, 0.717) is 6.42 Å². The van der Waals surface area contributed by atoms with Crippen LogP contribution in [0.3, 0.4) is 0 Å². The molecule has 1 aromatic carbocycles. The quantitative estimate of drug-likeness (QED) is 0.787. The summed E-state index contributed by atoms with van der Waals surface area (Å²) in [5.41, 5.74) is 3.64. The van der Waals surface area contributed by atoms with Gasteiger partial charge in [0.15, 0.2) is 0 Å². The first kappa shape index (κ1) is 9.04. The molecule has 3 rings (SSSR count). The molecule has 0 aromatic heterocycles. The van der Waals surface area contributed by atoms with E-state index >= 15 is 0 Å². The van der Waals surface area contributed by atoms with E-state index in [9.17, 15) is 0 Å². The average molecular weight is 206 g/mol. The Labute approximate surface area is 88.6 Å². The molecule has 0 aliphatic carbocycles. The van der Waals surface area contributed by atoms with E-state index in [2.05, 4.69) is 6.07 Å². The van der Waals surface area contributed by atoms with Crippen molar-refractivity contribution in [1.29, 1.82) is 0 Å². The number of aliphatic hydroxyl groups excluding tert-OH is 1. The van der Waals surface area contributed by atoms with E-state index in [-0.39, 0.29) is 6.61 Å². The number of hydrogen-bond donors (Lipinski definition) is 1. The van der Waals surface area contributed by atoms with Gasteiger partial charge in [0.2, 0.25) is 0 Å². The van der Waals surface area contributed by atoms with E-state index in [0.717, 1.165) is 37.6 Å². The molecule has 3 heteroatoms. The Balaban J connectivity index is 2.16. The first-order valence-corrected chi connectivity index (χ1v) is 5.44. The molecule has 1 N–H and O–H groups in total. The number of fused-ring (bicyclic) bond motifs is 2. The maximum Gasteiger partial charge on any atom is 0.126 e. The maximum absolute atomic E-state index is 9.09. The van der Waals surface area contributed by atoms with Gasteiger partial charge < -0.3 is 14.6 Å². The molecule has 1 aromatic rings. The third-order valence-electron chi connectivity index (χ3n) is 3.12. The van der Waals surface area contributed by atoms with Crippen molar-refractivity contribution in [1.82, 2.24) is 0 Å². The molecule has 0 saturated heterocycles. The van der Waals surface area contributed by atoms with Crippen LogP contribution in [0.15, 0.2) is 6.07 Å². The van der Waals surface area contributed by atoms with Gasteiger partial charge in [0, 0.05) is 36.1 Å². The Bertz CT molecular complexity index is 366. The van der Waals surface area contributed by atoms with Crippen LogP contribution in [0.1, 0.15) is 16.7 Å². The molecule has 0 spiro atoms. The highest BCUT2D eigenvalue weighted by Gasteiger charge is 2.25. The van der Waals surface area contributed by atoms with Gasteiger partial charge in [0.25, 0.3) is 0 Å². The fourth-order valence-corrected chi connectivity index (χ4v) is 2.46. The number of aliphatic hydroxyl groups is 1. The zero-order valence-electron chi connectivity index (χ0n) is 8.58. The predicted octanol–water partition coefficient (Wildman–Crippen LogP) is 1.09. The molecular formula is C12H14O3. The van der Waals surface area contributed by atoms with Gasteiger partial charge in [-0.15, -0.1) is 0 Å². The summed E-state index contributed by atoms with van der Waals surface area (Å²) >= 11 is 0. The highest BCUT2D eigenvalue weighted by Crippen LogP contribution is 2.40. The molecule has 0 atom stereocenters. The molecule has 0 bridgehead atoms. The smallest absolute Gasteiger partial charge is 0.126 e. The van der Waals surface area contributed by atoms with Gasteiger partial charge in [-0.1, -0.05) is 0 Å². The average Bonchev–Trinajstić information content (AvgIpc) is 2.84. The van der Waals surface area contributed by atoms with E-state index in [1.54, 1.807) is 0 Å². The van der Waals surface area contributed by atoms with Crippen molar-refractivity contribution >= 4 is 0 Å². The molecule has 15 heavy (non-hydrogen) atoms. The standard InChI is InChI=1S/C12H14O3/c13-4-1-10-9-3-6-14-11(9)7-8-2-5-15-12(8)10/h7,13H,1-6H2. The third kappa shape index (κ3) is 1.30. The van der Waals surface area contributed by atoms with E-state index in [1.807, 2.05) is 0 Å². The Morgan fingerprint density at radius 3 is 2.93 bits per heavy atom. The van der Waals surface area contributed by atoms with Gasteiger partial charge in [0.1, 0.15) is 11.5 Å². The lowest BCUT2D eigenvalue weighted by Crippen LogP contribution is -1.99. The van der Waals surface area contributed by atoms with E-state index in [1.165, 1.54) is 16.7 Å². The zero-order valence-corrected chi connectivity index (χ0v) is 8.58. The van der Waals surface area contributed by atoms with Crippen LogP contribution < -0.4 is 9.47 Å². The minimum atomic E-state index is 0.173. The van der Waals surface area contributed by atoms with Crippen LogP contribution in [0.5, 0.6) is 11.5 Å². The van der Waals surface area contributed by atoms with Crippen molar-refractivity contribution in [3.8, 4) is 11.5 Å². The summed E-state index contributed by atoms with van der Waals surface area (Å²) in [5, 5.41) is 9.09. The van der Waals surface area contributed by atoms with Gasteiger partial charge in [-0.2, -0.15) is 0 Å². The largest absolute Gasteiger partial charge is 0.493 e. The second kappa shape index (κ2) is 3.42. The summed E-state index contributed by atoms with van der Waals surface area (Å²) in [6, 6.07) is 2.10. The first-order valence-electron chi connectivity index (χ1n) is 5.44. The lowest BCUT2D eigenvalue weighted by atomic mass is 9.97. The summed E-state index contributed by atoms with van der Waals surface area (Å²) in [6.07, 6.45) is 2.58. The Morgan fingerprint density at radius 1 is 1.20 bits per heavy atom. The fourth-order valence-electron chi connectivity index (χ4n) is 2.46. The molecular weight excluding hydrogens is 192 g/mol. The number of rotatable bonds is 2. The van der Waals surface area contributed by atoms with E-state index < -0.39 is 0 Å². The fraction of sp³-hybridized carbons (Fsp3) is 0.500. The Morgan fingerprint density at radius 2 is 2.07 bits per heavy atom. The van der Waals surface area contributed by atoms with E-state index in [4.69, 9.17) is 14.6 Å². The van der Waals surface area contributed by atoms with Crippen LogP contribution in [0, 0.1) is 0 Å². The van der Waals surface area contributed by atoms with Crippen molar-refractivity contribution in [2.24, 2.45) is 0 Å². The van der Waals surface area contributed by atoms with Crippen molar-refractivity contribution < 1.29 is 14.6 Å². The summed E-state index contributed by atoms with van der Waals surface area (Å²) in [6.45, 7) is 1.69. The predicted molar refractivity (Wildman–Crippen MR) is 55.6 cm³/mol. The second-order valence-electron chi connectivity index (χ2n) is 3.99. The van der Waals surface area contributed by atoms with Crippen LogP contribution in [-0.4, -0.2) is 24.9 Å². The maximum atomic E-state index is 9.09. The Hall–Kier alpha value is -1.22. The third-order valence-corrected chi connectivity index (χ3v) is 3.12. The molecule has 0 fully saturated rings. The molecule has 2 heterocycles. The van der Waals surface area contributed by atoms with Gasteiger partial charge in [0.05, 0.1) is 13.2 Å². The topological polar surface area (TPSA) is 38.7 Å². The highest BCUT2D eigenvalue weighted by atomic mass is 16.5. The molecule has 0 saturated carbocycles. The molecule has 80 valence electrons. The Kier molecular flexibility index (Phi) is 2.06. The number of benzene rings is 1. The second-order valence-corrected chi connectivity index (χ2v) is 3.99. The first-order chi connectivity index (χ1) is 7.40. The molecule has 0 radical (unpaired) electrons. The number of ether oxygens (including phenoxy) is 2. The monoisotopic (exact) mass is 206 g/mol. The van der Waals surface area contributed by atoms with Gasteiger partial charge in [-0.25, -0.2) is 0 Å². The van der Waals surface area contributed by atoms with Crippen LogP contribution >= 0.6 is 0 Å². The zero-order chi connectivity index (χ0) is 10.3. The molecule has 0 unspecified atom stereocenters. The lowest BCUT2D eigenvalue weighted by molar-refractivity contribution is 0.294. The van der Waals surface area contributed by atoms with Crippen LogP contribution in [0.2, 0.25) is 0 Å². The van der Waals surface area contributed by atoms with Crippen LogP contribution in [0.25, 0.3) is 0 Å².